The largest absolute Gasteiger partial charge is 0.478 e. The Labute approximate surface area is 119 Å². The molecular formula is C16H22FNO2. The van der Waals surface area contributed by atoms with Gasteiger partial charge in [0.15, 0.2) is 0 Å². The summed E-state index contributed by atoms with van der Waals surface area (Å²) < 4.78 is 14.0. The summed E-state index contributed by atoms with van der Waals surface area (Å²) in [6.07, 6.45) is 2.40. The van der Waals surface area contributed by atoms with Gasteiger partial charge in [-0.1, -0.05) is 32.9 Å². The van der Waals surface area contributed by atoms with Crippen LogP contribution in [0.2, 0.25) is 0 Å². The summed E-state index contributed by atoms with van der Waals surface area (Å²) in [5.74, 6) is -0.792. The number of nitrogens with zero attached hydrogens (tertiary/aromatic N) is 1. The first kappa shape index (κ1) is 16.4. The second-order valence-corrected chi connectivity index (χ2v) is 5.24. The lowest BCUT2D eigenvalue weighted by Crippen LogP contribution is -2.27. The van der Waals surface area contributed by atoms with Gasteiger partial charge in [-0.15, -0.1) is 0 Å². The number of hydrogen-bond acceptors (Lipinski definition) is 2. The molecule has 0 saturated carbocycles. The summed E-state index contributed by atoms with van der Waals surface area (Å²) >= 11 is 0. The number of hydrogen-bond donors (Lipinski definition) is 1. The number of aliphatic carboxylic acids is 1. The molecule has 0 radical (unpaired) electrons. The van der Waals surface area contributed by atoms with E-state index in [4.69, 9.17) is 5.11 Å². The number of carboxylic acids is 1. The molecule has 1 N–H and O–H groups in total. The lowest BCUT2D eigenvalue weighted by atomic mass is 10.1. The predicted octanol–water partition coefficient (Wildman–Crippen LogP) is 3.40. The van der Waals surface area contributed by atoms with Crippen molar-refractivity contribution in [3.05, 3.63) is 41.2 Å². The third-order valence-electron chi connectivity index (χ3n) is 2.96. The van der Waals surface area contributed by atoms with E-state index in [1.165, 1.54) is 12.1 Å². The fraction of sp³-hybridized carbons (Fsp3) is 0.438. The van der Waals surface area contributed by atoms with Crippen molar-refractivity contribution in [2.24, 2.45) is 5.92 Å². The van der Waals surface area contributed by atoms with Gasteiger partial charge in [-0.2, -0.15) is 0 Å². The van der Waals surface area contributed by atoms with Crippen LogP contribution < -0.4 is 0 Å². The van der Waals surface area contributed by atoms with Crippen LogP contribution in [0, 0.1) is 11.7 Å². The molecule has 4 heteroatoms. The Balaban J connectivity index is 2.79. The molecule has 0 bridgehead atoms. The van der Waals surface area contributed by atoms with Crippen LogP contribution in [0.5, 0.6) is 0 Å². The lowest BCUT2D eigenvalue weighted by Gasteiger charge is -2.22. The molecule has 0 heterocycles. The quantitative estimate of drug-likeness (QED) is 0.778. The zero-order valence-corrected chi connectivity index (χ0v) is 12.3. The van der Waals surface area contributed by atoms with Crippen molar-refractivity contribution in [2.45, 2.75) is 27.3 Å². The van der Waals surface area contributed by atoms with Crippen LogP contribution in [0.3, 0.4) is 0 Å². The maximum Gasteiger partial charge on any atom is 0.328 e. The van der Waals surface area contributed by atoms with Crippen LogP contribution in [0.1, 0.15) is 31.9 Å². The number of benzene rings is 1. The highest BCUT2D eigenvalue weighted by atomic mass is 19.1. The third kappa shape index (κ3) is 5.53. The van der Waals surface area contributed by atoms with E-state index in [9.17, 15) is 9.18 Å². The average Bonchev–Trinajstić information content (AvgIpc) is 2.37. The molecule has 0 atom stereocenters. The molecule has 1 rings (SSSR count). The van der Waals surface area contributed by atoms with E-state index in [0.717, 1.165) is 19.2 Å². The van der Waals surface area contributed by atoms with Gasteiger partial charge in [-0.25, -0.2) is 9.18 Å². The van der Waals surface area contributed by atoms with Crippen LogP contribution in [0.15, 0.2) is 24.3 Å². The summed E-state index contributed by atoms with van der Waals surface area (Å²) in [7, 11) is 0. The summed E-state index contributed by atoms with van der Waals surface area (Å²) in [4.78, 5) is 12.6. The van der Waals surface area contributed by atoms with Crippen LogP contribution >= 0.6 is 0 Å². The van der Waals surface area contributed by atoms with Gasteiger partial charge >= 0.3 is 5.97 Å². The van der Waals surface area contributed by atoms with Crippen LogP contribution in [0.25, 0.3) is 6.08 Å². The van der Waals surface area contributed by atoms with Crippen molar-refractivity contribution in [1.82, 2.24) is 4.90 Å². The van der Waals surface area contributed by atoms with Gasteiger partial charge in [0.2, 0.25) is 0 Å². The van der Waals surface area contributed by atoms with Gasteiger partial charge in [-0.3, -0.25) is 4.90 Å². The molecule has 0 saturated heterocycles. The zero-order valence-electron chi connectivity index (χ0n) is 12.3. The Kier molecular flexibility index (Phi) is 6.39. The molecule has 0 aliphatic carbocycles. The summed E-state index contributed by atoms with van der Waals surface area (Å²) in [5.41, 5.74) is 1.19. The monoisotopic (exact) mass is 279 g/mol. The summed E-state index contributed by atoms with van der Waals surface area (Å²) in [5, 5.41) is 8.55. The smallest absolute Gasteiger partial charge is 0.328 e. The highest BCUT2D eigenvalue weighted by Crippen LogP contribution is 2.15. The highest BCUT2D eigenvalue weighted by Gasteiger charge is 2.09. The fourth-order valence-corrected chi connectivity index (χ4v) is 2.03. The number of carbonyl (C=O) groups is 1. The van der Waals surface area contributed by atoms with Gasteiger partial charge in [0.25, 0.3) is 0 Å². The molecule has 0 aliphatic rings. The topological polar surface area (TPSA) is 40.5 Å². The molecule has 0 amide bonds. The van der Waals surface area contributed by atoms with Crippen LogP contribution in [-0.2, 0) is 11.3 Å². The van der Waals surface area contributed by atoms with E-state index in [1.807, 2.05) is 0 Å². The Morgan fingerprint density at radius 2 is 2.15 bits per heavy atom. The van der Waals surface area contributed by atoms with Gasteiger partial charge in [0.1, 0.15) is 5.82 Å². The average molecular weight is 279 g/mol. The first-order valence-electron chi connectivity index (χ1n) is 6.84. The minimum Gasteiger partial charge on any atom is -0.478 e. The Morgan fingerprint density at radius 3 is 2.65 bits per heavy atom. The van der Waals surface area contributed by atoms with Crippen molar-refractivity contribution in [2.75, 3.05) is 13.1 Å². The molecule has 1 aromatic carbocycles. The Bertz CT molecular complexity index is 483. The van der Waals surface area contributed by atoms with E-state index in [1.54, 1.807) is 12.1 Å². The van der Waals surface area contributed by atoms with Gasteiger partial charge in [-0.05, 0) is 30.2 Å². The first-order chi connectivity index (χ1) is 9.42. The van der Waals surface area contributed by atoms with E-state index >= 15 is 0 Å². The number of halogens is 1. The van der Waals surface area contributed by atoms with Crippen molar-refractivity contribution in [1.29, 1.82) is 0 Å². The minimum absolute atomic E-state index is 0.292. The maximum atomic E-state index is 14.0. The normalized spacial score (nSPS) is 11.7. The predicted molar refractivity (Wildman–Crippen MR) is 78.9 cm³/mol. The SMILES string of the molecule is CCN(Cc1ccc(C=CC(=O)O)cc1F)CC(C)C. The van der Waals surface area contributed by atoms with E-state index in [0.29, 0.717) is 23.6 Å². The molecule has 0 aliphatic heterocycles. The molecular weight excluding hydrogens is 257 g/mol. The van der Waals surface area contributed by atoms with Crippen molar-refractivity contribution in [3.8, 4) is 0 Å². The number of rotatable bonds is 7. The molecule has 0 unspecified atom stereocenters. The maximum absolute atomic E-state index is 14.0. The second kappa shape index (κ2) is 7.80. The van der Waals surface area contributed by atoms with Crippen LogP contribution in [0.4, 0.5) is 4.39 Å². The van der Waals surface area contributed by atoms with E-state index in [2.05, 4.69) is 25.7 Å². The number of carboxylic acid groups (broad SMARTS) is 1. The lowest BCUT2D eigenvalue weighted by molar-refractivity contribution is -0.131. The third-order valence-corrected chi connectivity index (χ3v) is 2.96. The minimum atomic E-state index is -1.04. The van der Waals surface area contributed by atoms with E-state index < -0.39 is 5.97 Å². The zero-order chi connectivity index (χ0) is 15.1. The standard InChI is InChI=1S/C16H22FNO2/c1-4-18(10-12(2)3)11-14-7-5-13(9-15(14)17)6-8-16(19)20/h5-9,12H,4,10-11H2,1-3H3,(H,19,20). The van der Waals surface area contributed by atoms with Gasteiger partial charge in [0.05, 0.1) is 0 Å². The van der Waals surface area contributed by atoms with Crippen molar-refractivity contribution < 1.29 is 14.3 Å². The molecule has 3 nitrogen and oxygen atoms in total. The molecule has 1 aromatic rings. The van der Waals surface area contributed by atoms with Gasteiger partial charge < -0.3 is 5.11 Å². The van der Waals surface area contributed by atoms with E-state index in [-0.39, 0.29) is 5.82 Å². The molecule has 0 fully saturated rings. The fourth-order valence-electron chi connectivity index (χ4n) is 2.03. The molecule has 20 heavy (non-hydrogen) atoms. The first-order valence-corrected chi connectivity index (χ1v) is 6.84. The molecule has 110 valence electrons. The Hall–Kier alpha value is -1.68. The van der Waals surface area contributed by atoms with Crippen molar-refractivity contribution in [3.63, 3.8) is 0 Å². The molecule has 0 aromatic heterocycles. The van der Waals surface area contributed by atoms with Crippen LogP contribution in [-0.4, -0.2) is 29.1 Å². The highest BCUT2D eigenvalue weighted by molar-refractivity contribution is 5.85. The summed E-state index contributed by atoms with van der Waals surface area (Å²) in [6, 6.07) is 4.83. The summed E-state index contributed by atoms with van der Waals surface area (Å²) in [6.45, 7) is 8.71. The molecule has 0 spiro atoms. The van der Waals surface area contributed by atoms with Gasteiger partial charge in [0, 0.05) is 24.7 Å². The second-order valence-electron chi connectivity index (χ2n) is 5.24. The Morgan fingerprint density at radius 1 is 1.45 bits per heavy atom. The van der Waals surface area contributed by atoms with Crippen molar-refractivity contribution >= 4 is 12.0 Å².